The predicted molar refractivity (Wildman–Crippen MR) is 69.2 cm³/mol. The summed E-state index contributed by atoms with van der Waals surface area (Å²) in [5.74, 6) is 6.50. The molecule has 2 aromatic heterocycles. The summed E-state index contributed by atoms with van der Waals surface area (Å²) < 4.78 is 6.10. The summed E-state index contributed by atoms with van der Waals surface area (Å²) in [5, 5.41) is 8.47. The first-order valence-corrected chi connectivity index (χ1v) is 6.87. The number of anilines is 1. The van der Waals surface area contributed by atoms with Crippen molar-refractivity contribution in [3.8, 4) is 0 Å². The highest BCUT2D eigenvalue weighted by Gasteiger charge is 2.07. The molecule has 0 fully saturated rings. The van der Waals surface area contributed by atoms with Crippen LogP contribution in [0.4, 0.5) is 5.82 Å². The number of rotatable bonds is 6. The molecule has 96 valence electrons. The van der Waals surface area contributed by atoms with Crippen LogP contribution in [0.5, 0.6) is 0 Å². The summed E-state index contributed by atoms with van der Waals surface area (Å²) in [6, 6.07) is 1.75. The fourth-order valence-corrected chi connectivity index (χ4v) is 2.60. The van der Waals surface area contributed by atoms with Gasteiger partial charge in [-0.1, -0.05) is 11.3 Å². The molecule has 0 radical (unpaired) electrons. The third kappa shape index (κ3) is 3.60. The fraction of sp³-hybridized carbons (Fsp3) is 0.333. The van der Waals surface area contributed by atoms with Crippen LogP contribution in [-0.2, 0) is 11.3 Å². The highest BCUT2D eigenvalue weighted by Crippen LogP contribution is 2.28. The minimum Gasteiger partial charge on any atom is -0.374 e. The topological polar surface area (TPSA) is 98.8 Å². The first-order chi connectivity index (χ1) is 8.81. The molecule has 0 spiro atoms. The van der Waals surface area contributed by atoms with Crippen molar-refractivity contribution in [3.63, 3.8) is 0 Å². The molecule has 0 aromatic carbocycles. The molecule has 18 heavy (non-hydrogen) atoms. The Bertz CT molecular complexity index is 492. The van der Waals surface area contributed by atoms with Gasteiger partial charge >= 0.3 is 0 Å². The molecule has 0 aliphatic carbocycles. The van der Waals surface area contributed by atoms with Gasteiger partial charge in [0, 0.05) is 12.7 Å². The average molecular weight is 284 g/mol. The Hall–Kier alpha value is -1.29. The first-order valence-electron chi connectivity index (χ1n) is 5.18. The predicted octanol–water partition coefficient (Wildman–Crippen LogP) is 1.30. The maximum atomic E-state index is 5.37. The summed E-state index contributed by atoms with van der Waals surface area (Å²) in [6.45, 7) is 2.89. The zero-order valence-corrected chi connectivity index (χ0v) is 11.3. The number of hydrogen-bond acceptors (Lipinski definition) is 9. The molecule has 0 saturated heterocycles. The molecule has 3 N–H and O–H groups in total. The summed E-state index contributed by atoms with van der Waals surface area (Å²) in [6.07, 6.45) is 0. The molecule has 0 aliphatic rings. The van der Waals surface area contributed by atoms with Gasteiger partial charge in [-0.25, -0.2) is 15.8 Å². The molecule has 2 rings (SSSR count). The number of nitrogens with one attached hydrogen (secondary N) is 1. The Labute approximate surface area is 112 Å². The smallest absolute Gasteiger partial charge is 0.180 e. The van der Waals surface area contributed by atoms with E-state index >= 15 is 0 Å². The fourth-order valence-electron chi connectivity index (χ4n) is 1.15. The minimum absolute atomic E-state index is 0.357. The maximum Gasteiger partial charge on any atom is 0.180 e. The summed E-state index contributed by atoms with van der Waals surface area (Å²) >= 11 is 2.87. The minimum atomic E-state index is 0.357. The Morgan fingerprint density at radius 2 is 2.39 bits per heavy atom. The van der Waals surface area contributed by atoms with Gasteiger partial charge in [-0.2, -0.15) is 0 Å². The highest BCUT2D eigenvalue weighted by atomic mass is 32.2. The van der Waals surface area contributed by atoms with E-state index < -0.39 is 0 Å². The Balaban J connectivity index is 2.17. The normalized spacial score (nSPS) is 10.6. The van der Waals surface area contributed by atoms with Crippen molar-refractivity contribution in [2.75, 3.05) is 12.0 Å². The van der Waals surface area contributed by atoms with E-state index in [4.69, 9.17) is 10.6 Å². The third-order valence-electron chi connectivity index (χ3n) is 1.86. The van der Waals surface area contributed by atoms with Crippen molar-refractivity contribution in [2.24, 2.45) is 5.84 Å². The van der Waals surface area contributed by atoms with Gasteiger partial charge in [0.1, 0.15) is 23.0 Å². The van der Waals surface area contributed by atoms with Crippen molar-refractivity contribution >= 4 is 28.9 Å². The van der Waals surface area contributed by atoms with E-state index in [9.17, 15) is 0 Å². The van der Waals surface area contributed by atoms with Crippen LogP contribution in [0.3, 0.4) is 0 Å². The molecule has 2 heterocycles. The molecule has 0 bridgehead atoms. The first kappa shape index (κ1) is 13.1. The van der Waals surface area contributed by atoms with Crippen molar-refractivity contribution in [1.82, 2.24) is 20.2 Å². The Morgan fingerprint density at radius 3 is 3.06 bits per heavy atom. The lowest BCUT2D eigenvalue weighted by molar-refractivity contribution is 0.128. The van der Waals surface area contributed by atoms with Gasteiger partial charge in [0.05, 0.1) is 0 Å². The number of ether oxygens (including phenoxy) is 1. The molecule has 0 saturated carbocycles. The van der Waals surface area contributed by atoms with Gasteiger partial charge in [0.15, 0.2) is 10.2 Å². The van der Waals surface area contributed by atoms with E-state index in [2.05, 4.69) is 25.6 Å². The number of hydrazine groups is 1. The van der Waals surface area contributed by atoms with Crippen molar-refractivity contribution in [2.45, 2.75) is 22.9 Å². The lowest BCUT2D eigenvalue weighted by atomic mass is 10.5. The molecule has 0 unspecified atom stereocenters. The van der Waals surface area contributed by atoms with Gasteiger partial charge in [0.2, 0.25) is 0 Å². The van der Waals surface area contributed by atoms with E-state index in [1.54, 1.807) is 11.6 Å². The second kappa shape index (κ2) is 6.59. The number of nitrogens with two attached hydrogens (primary N) is 1. The number of nitrogens with zero attached hydrogens (tertiary/aromatic N) is 4. The number of hydrogen-bond donors (Lipinski definition) is 2. The second-order valence-corrected chi connectivity index (χ2v) is 5.20. The van der Waals surface area contributed by atoms with Gasteiger partial charge < -0.3 is 10.2 Å². The van der Waals surface area contributed by atoms with E-state index in [1.807, 2.05) is 6.92 Å². The van der Waals surface area contributed by atoms with E-state index in [0.29, 0.717) is 24.9 Å². The quantitative estimate of drug-likeness (QED) is 0.465. The zero-order valence-electron chi connectivity index (χ0n) is 9.66. The van der Waals surface area contributed by atoms with Gasteiger partial charge in [-0.3, -0.25) is 0 Å². The van der Waals surface area contributed by atoms with Crippen LogP contribution in [0.25, 0.3) is 0 Å². The lowest BCUT2D eigenvalue weighted by Gasteiger charge is -2.06. The molecular formula is C9H12N6OS2. The Kier molecular flexibility index (Phi) is 4.81. The SMILES string of the molecule is CCOCc1nc(NN)cc(Sc2nncs2)n1. The van der Waals surface area contributed by atoms with Crippen LogP contribution in [-0.4, -0.2) is 26.8 Å². The van der Waals surface area contributed by atoms with Gasteiger partial charge in [-0.15, -0.1) is 10.2 Å². The highest BCUT2D eigenvalue weighted by molar-refractivity contribution is 8.00. The van der Waals surface area contributed by atoms with Crippen molar-refractivity contribution < 1.29 is 4.74 Å². The van der Waals surface area contributed by atoms with Crippen molar-refractivity contribution in [1.29, 1.82) is 0 Å². The summed E-state index contributed by atoms with van der Waals surface area (Å²) in [7, 11) is 0. The largest absolute Gasteiger partial charge is 0.374 e. The van der Waals surface area contributed by atoms with Crippen LogP contribution in [0, 0.1) is 0 Å². The van der Waals surface area contributed by atoms with E-state index in [-0.39, 0.29) is 0 Å². The monoisotopic (exact) mass is 284 g/mol. The zero-order chi connectivity index (χ0) is 12.8. The third-order valence-corrected chi connectivity index (χ3v) is 3.56. The van der Waals surface area contributed by atoms with Crippen LogP contribution in [0.1, 0.15) is 12.7 Å². The molecule has 0 atom stereocenters. The molecule has 7 nitrogen and oxygen atoms in total. The van der Waals surface area contributed by atoms with E-state index in [1.165, 1.54) is 23.1 Å². The van der Waals surface area contributed by atoms with Crippen LogP contribution in [0.15, 0.2) is 20.9 Å². The Morgan fingerprint density at radius 1 is 1.50 bits per heavy atom. The average Bonchev–Trinajstić information content (AvgIpc) is 2.89. The summed E-state index contributed by atoms with van der Waals surface area (Å²) in [4.78, 5) is 8.56. The second-order valence-electron chi connectivity index (χ2n) is 3.10. The van der Waals surface area contributed by atoms with Crippen LogP contribution < -0.4 is 11.3 Å². The van der Waals surface area contributed by atoms with Crippen LogP contribution in [0.2, 0.25) is 0 Å². The summed E-state index contributed by atoms with van der Waals surface area (Å²) in [5.41, 5.74) is 4.18. The lowest BCUT2D eigenvalue weighted by Crippen LogP contribution is -2.11. The van der Waals surface area contributed by atoms with Crippen molar-refractivity contribution in [3.05, 3.63) is 17.4 Å². The maximum absolute atomic E-state index is 5.37. The molecule has 9 heteroatoms. The molecule has 0 aliphatic heterocycles. The van der Waals surface area contributed by atoms with E-state index in [0.717, 1.165) is 9.37 Å². The molecular weight excluding hydrogens is 272 g/mol. The van der Waals surface area contributed by atoms with Gasteiger partial charge in [0.25, 0.3) is 0 Å². The van der Waals surface area contributed by atoms with Gasteiger partial charge in [-0.05, 0) is 18.7 Å². The van der Waals surface area contributed by atoms with Crippen LogP contribution >= 0.6 is 23.1 Å². The molecule has 0 amide bonds. The number of aromatic nitrogens is 4. The number of nitrogen functional groups attached to an aromatic ring is 1. The standard InChI is InChI=1S/C9H12N6OS2/c1-2-16-4-7-12-6(14-10)3-8(13-7)18-9-15-11-5-17-9/h3,5H,2,4,10H2,1H3,(H,12,13,14). The molecule has 2 aromatic rings.